The molecule has 0 spiro atoms. The lowest BCUT2D eigenvalue weighted by molar-refractivity contribution is 0.350. The van der Waals surface area contributed by atoms with Crippen LogP contribution >= 0.6 is 12.2 Å². The minimum atomic E-state index is 0.00752. The van der Waals surface area contributed by atoms with Crippen molar-refractivity contribution in [3.05, 3.63) is 23.8 Å². The van der Waals surface area contributed by atoms with Crippen molar-refractivity contribution in [1.29, 1.82) is 0 Å². The second kappa shape index (κ2) is 5.64. The lowest BCUT2D eigenvalue weighted by Gasteiger charge is -2.18. The molecular formula is C12H22N6S. The van der Waals surface area contributed by atoms with Crippen LogP contribution in [0.2, 0.25) is 0 Å². The molecule has 0 amide bonds. The van der Waals surface area contributed by atoms with E-state index in [4.69, 9.17) is 12.2 Å². The van der Waals surface area contributed by atoms with Gasteiger partial charge < -0.3 is 0 Å². The van der Waals surface area contributed by atoms with Gasteiger partial charge in [0.05, 0.1) is 11.1 Å². The Balaban J connectivity index is 0.000000191. The second-order valence-electron chi connectivity index (χ2n) is 6.19. The second-order valence-corrected chi connectivity index (χ2v) is 6.55. The topological polar surface area (TPSA) is 64.3 Å². The Labute approximate surface area is 118 Å². The van der Waals surface area contributed by atoms with Crippen LogP contribution in [-0.4, -0.2) is 29.5 Å². The first-order chi connectivity index (χ1) is 8.62. The molecule has 2 rings (SSSR count). The van der Waals surface area contributed by atoms with Crippen LogP contribution in [0, 0.1) is 4.77 Å². The van der Waals surface area contributed by atoms with Crippen molar-refractivity contribution in [2.75, 3.05) is 0 Å². The molecule has 0 unspecified atom stereocenters. The van der Waals surface area contributed by atoms with E-state index >= 15 is 0 Å². The molecule has 0 saturated carbocycles. The smallest absolute Gasteiger partial charge is 0.216 e. The van der Waals surface area contributed by atoms with Crippen molar-refractivity contribution in [2.45, 2.75) is 52.6 Å². The van der Waals surface area contributed by atoms with Gasteiger partial charge in [-0.15, -0.1) is 0 Å². The van der Waals surface area contributed by atoms with Gasteiger partial charge in [0.25, 0.3) is 0 Å². The minimum Gasteiger partial charge on any atom is -0.285 e. The molecule has 0 bridgehead atoms. The number of H-pyrrole nitrogens is 1. The van der Waals surface area contributed by atoms with E-state index in [0.29, 0.717) is 4.77 Å². The van der Waals surface area contributed by atoms with Gasteiger partial charge in [-0.3, -0.25) is 9.78 Å². The number of aromatic amines is 1. The van der Waals surface area contributed by atoms with Crippen LogP contribution in [0.4, 0.5) is 0 Å². The standard InChI is InChI=1S/C6H11N3S.C6H11N3/c1-6(2,3)9-5(10)7-4-8-9;1-6(2,3)9-5-7-4-8-9/h4H,1-3H3,(H,7,8,10);4-5H,1-3H3. The fraction of sp³-hybridized carbons (Fsp3) is 0.667. The third kappa shape index (κ3) is 4.59. The van der Waals surface area contributed by atoms with E-state index in [-0.39, 0.29) is 11.1 Å². The third-order valence-corrected chi connectivity index (χ3v) is 2.62. The first-order valence-electron chi connectivity index (χ1n) is 6.10. The average Bonchev–Trinajstić information content (AvgIpc) is 2.84. The molecule has 0 aliphatic carbocycles. The van der Waals surface area contributed by atoms with Crippen LogP contribution in [0.5, 0.6) is 0 Å². The van der Waals surface area contributed by atoms with E-state index < -0.39 is 0 Å². The molecule has 0 fully saturated rings. The Morgan fingerprint density at radius 1 is 1.11 bits per heavy atom. The largest absolute Gasteiger partial charge is 0.285 e. The quantitative estimate of drug-likeness (QED) is 0.755. The Kier molecular flexibility index (Phi) is 4.62. The van der Waals surface area contributed by atoms with Crippen molar-refractivity contribution >= 4 is 12.2 Å². The zero-order valence-corrected chi connectivity index (χ0v) is 13.2. The van der Waals surface area contributed by atoms with Gasteiger partial charge in [-0.2, -0.15) is 5.10 Å². The van der Waals surface area contributed by atoms with Gasteiger partial charge in [-0.05, 0) is 53.8 Å². The van der Waals surface area contributed by atoms with Crippen molar-refractivity contribution in [2.24, 2.45) is 0 Å². The van der Waals surface area contributed by atoms with E-state index in [1.54, 1.807) is 19.0 Å². The summed E-state index contributed by atoms with van der Waals surface area (Å²) in [6, 6.07) is 0. The lowest BCUT2D eigenvalue weighted by atomic mass is 10.1. The van der Waals surface area contributed by atoms with E-state index in [1.165, 1.54) is 0 Å². The summed E-state index contributed by atoms with van der Waals surface area (Å²) in [4.78, 5) is 7.75. The van der Waals surface area contributed by atoms with Crippen molar-refractivity contribution in [1.82, 2.24) is 29.5 Å². The highest BCUT2D eigenvalue weighted by molar-refractivity contribution is 7.71. The molecule has 0 radical (unpaired) electrons. The summed E-state index contributed by atoms with van der Waals surface area (Å²) in [6.07, 6.45) is 4.87. The number of hydrogen-bond acceptors (Lipinski definition) is 4. The first-order valence-corrected chi connectivity index (χ1v) is 6.51. The SMILES string of the molecule is CC(C)(C)n1[nH]cnc1=S.CC(C)(C)n1cncn1. The third-order valence-electron chi connectivity index (χ3n) is 2.33. The van der Waals surface area contributed by atoms with E-state index in [2.05, 4.69) is 61.7 Å². The Morgan fingerprint density at radius 2 is 1.74 bits per heavy atom. The molecule has 6 nitrogen and oxygen atoms in total. The summed E-state index contributed by atoms with van der Waals surface area (Å²) in [6.45, 7) is 12.5. The van der Waals surface area contributed by atoms with Gasteiger partial charge in [0.1, 0.15) is 19.0 Å². The molecule has 1 N–H and O–H groups in total. The Morgan fingerprint density at radius 3 is 1.95 bits per heavy atom. The minimum absolute atomic E-state index is 0.00752. The maximum absolute atomic E-state index is 4.95. The van der Waals surface area contributed by atoms with E-state index in [0.717, 1.165) is 0 Å². The van der Waals surface area contributed by atoms with Gasteiger partial charge >= 0.3 is 0 Å². The maximum atomic E-state index is 4.95. The van der Waals surface area contributed by atoms with Crippen LogP contribution < -0.4 is 0 Å². The van der Waals surface area contributed by atoms with Crippen LogP contribution in [0.3, 0.4) is 0 Å². The zero-order valence-electron chi connectivity index (χ0n) is 12.4. The maximum Gasteiger partial charge on any atom is 0.216 e. The highest BCUT2D eigenvalue weighted by Crippen LogP contribution is 2.10. The predicted molar refractivity (Wildman–Crippen MR) is 77.4 cm³/mol. The van der Waals surface area contributed by atoms with E-state index in [1.807, 2.05) is 9.36 Å². The molecule has 0 aromatic carbocycles. The molecule has 7 heteroatoms. The van der Waals surface area contributed by atoms with E-state index in [9.17, 15) is 0 Å². The molecule has 0 aliphatic rings. The normalized spacial score (nSPS) is 11.9. The summed E-state index contributed by atoms with van der Waals surface area (Å²) in [5.74, 6) is 0. The number of nitrogens with zero attached hydrogens (tertiary/aromatic N) is 5. The predicted octanol–water partition coefficient (Wildman–Crippen LogP) is 2.73. The highest BCUT2D eigenvalue weighted by Gasteiger charge is 2.13. The summed E-state index contributed by atoms with van der Waals surface area (Å²) >= 11 is 4.95. The van der Waals surface area contributed by atoms with Gasteiger partial charge in [0, 0.05) is 0 Å². The zero-order chi connectivity index (χ0) is 14.7. The van der Waals surface area contributed by atoms with Crippen LogP contribution in [0.15, 0.2) is 19.0 Å². The fourth-order valence-electron chi connectivity index (χ4n) is 1.29. The molecule has 19 heavy (non-hydrogen) atoms. The van der Waals surface area contributed by atoms with Crippen molar-refractivity contribution in [3.63, 3.8) is 0 Å². The van der Waals surface area contributed by atoms with Crippen LogP contribution in [0.1, 0.15) is 41.5 Å². The molecule has 106 valence electrons. The summed E-state index contributed by atoms with van der Waals surface area (Å²) < 4.78 is 4.28. The van der Waals surface area contributed by atoms with Gasteiger partial charge in [-0.1, -0.05) is 0 Å². The Bertz CT molecular complexity index is 538. The first kappa shape index (κ1) is 15.6. The van der Waals surface area contributed by atoms with Crippen molar-refractivity contribution < 1.29 is 0 Å². The summed E-state index contributed by atoms with van der Waals surface area (Å²) in [5, 5.41) is 6.94. The number of rotatable bonds is 0. The molecule has 2 aromatic rings. The molecular weight excluding hydrogens is 260 g/mol. The molecule has 2 heterocycles. The number of aromatic nitrogens is 6. The van der Waals surface area contributed by atoms with Crippen LogP contribution in [-0.2, 0) is 11.1 Å². The van der Waals surface area contributed by atoms with Gasteiger partial charge in [0.2, 0.25) is 4.77 Å². The lowest BCUT2D eigenvalue weighted by Crippen LogP contribution is -2.23. The molecule has 2 aromatic heterocycles. The van der Waals surface area contributed by atoms with Crippen LogP contribution in [0.25, 0.3) is 0 Å². The number of hydrogen-bond donors (Lipinski definition) is 1. The fourth-order valence-corrected chi connectivity index (χ4v) is 1.67. The van der Waals surface area contributed by atoms with Gasteiger partial charge in [0.15, 0.2) is 0 Å². The highest BCUT2D eigenvalue weighted by atomic mass is 32.1. The van der Waals surface area contributed by atoms with Crippen molar-refractivity contribution in [3.8, 4) is 0 Å². The number of nitrogens with one attached hydrogen (secondary N) is 1. The monoisotopic (exact) mass is 282 g/mol. The molecule has 0 aliphatic heterocycles. The molecule has 0 atom stereocenters. The summed E-state index contributed by atoms with van der Waals surface area (Å²) in [7, 11) is 0. The average molecular weight is 282 g/mol. The molecule has 0 saturated heterocycles. The van der Waals surface area contributed by atoms with Gasteiger partial charge in [-0.25, -0.2) is 14.6 Å². The Hall–Kier alpha value is -1.50. The summed E-state index contributed by atoms with van der Waals surface area (Å²) in [5.41, 5.74) is 0.0735.